The maximum Gasteiger partial charge on any atom is 0.322 e. The number of amides is 1. The third-order valence-electron chi connectivity index (χ3n) is 3.66. The quantitative estimate of drug-likeness (QED) is 0.775. The Morgan fingerprint density at radius 1 is 1.30 bits per heavy atom. The maximum absolute atomic E-state index is 13.2. The minimum atomic E-state index is -1.06. The van der Waals surface area contributed by atoms with Crippen LogP contribution in [0.4, 0.5) is 10.1 Å². The average molecular weight is 325 g/mol. The molecule has 1 aromatic rings. The van der Waals surface area contributed by atoms with Crippen LogP contribution in [-0.4, -0.2) is 68.3 Å². The summed E-state index contributed by atoms with van der Waals surface area (Å²) in [7, 11) is 1.50. The number of ether oxygens (including phenoxy) is 1. The fourth-order valence-corrected chi connectivity index (χ4v) is 2.49. The Hall–Kier alpha value is -2.35. The monoisotopic (exact) mass is 325 g/mol. The van der Waals surface area contributed by atoms with Gasteiger partial charge < -0.3 is 20.1 Å². The van der Waals surface area contributed by atoms with Crippen molar-refractivity contribution in [2.75, 3.05) is 51.3 Å². The summed E-state index contributed by atoms with van der Waals surface area (Å²) in [5.41, 5.74) is 0.823. The van der Waals surface area contributed by atoms with Crippen molar-refractivity contribution in [3.8, 4) is 5.75 Å². The Morgan fingerprint density at radius 2 is 2.00 bits per heavy atom. The minimum absolute atomic E-state index is 0.168. The smallest absolute Gasteiger partial charge is 0.322 e. The first-order chi connectivity index (χ1) is 11.0. The Bertz CT molecular complexity index is 574. The Labute approximate surface area is 133 Å². The van der Waals surface area contributed by atoms with E-state index in [-0.39, 0.29) is 24.8 Å². The van der Waals surface area contributed by atoms with Gasteiger partial charge in [-0.05, 0) is 12.1 Å². The van der Waals surface area contributed by atoms with Crippen LogP contribution in [0.3, 0.4) is 0 Å². The molecule has 23 heavy (non-hydrogen) atoms. The van der Waals surface area contributed by atoms with Gasteiger partial charge in [-0.15, -0.1) is 0 Å². The van der Waals surface area contributed by atoms with Crippen molar-refractivity contribution in [2.45, 2.75) is 0 Å². The van der Waals surface area contributed by atoms with Crippen molar-refractivity contribution >= 4 is 17.6 Å². The van der Waals surface area contributed by atoms with Gasteiger partial charge >= 0.3 is 5.97 Å². The van der Waals surface area contributed by atoms with E-state index < -0.39 is 5.97 Å². The molecule has 8 heteroatoms. The summed E-state index contributed by atoms with van der Waals surface area (Å²) in [6, 6.07) is 4.42. The molecule has 0 atom stereocenters. The summed E-state index contributed by atoms with van der Waals surface area (Å²) >= 11 is 0. The molecule has 0 unspecified atom stereocenters. The van der Waals surface area contributed by atoms with Gasteiger partial charge in [0, 0.05) is 32.2 Å². The molecule has 1 aliphatic rings. The van der Waals surface area contributed by atoms with Crippen LogP contribution in [0, 0.1) is 5.82 Å². The van der Waals surface area contributed by atoms with Crippen molar-refractivity contribution in [1.29, 1.82) is 0 Å². The number of aliphatic carboxylic acids is 1. The third-order valence-corrected chi connectivity index (χ3v) is 3.66. The number of methoxy groups -OCH3 is 1. The Morgan fingerprint density at radius 3 is 2.61 bits per heavy atom. The van der Waals surface area contributed by atoms with Crippen LogP contribution in [-0.2, 0) is 9.59 Å². The molecule has 126 valence electrons. The lowest BCUT2D eigenvalue weighted by atomic mass is 10.2. The first-order valence-electron chi connectivity index (χ1n) is 7.29. The fourth-order valence-electron chi connectivity index (χ4n) is 2.49. The summed E-state index contributed by atoms with van der Waals surface area (Å²) < 4.78 is 18.5. The highest BCUT2D eigenvalue weighted by atomic mass is 19.1. The first-order valence-corrected chi connectivity index (χ1v) is 7.29. The second kappa shape index (κ2) is 7.77. The number of rotatable bonds is 6. The van der Waals surface area contributed by atoms with Gasteiger partial charge in [-0.1, -0.05) is 0 Å². The molecule has 2 rings (SSSR count). The van der Waals surface area contributed by atoms with Crippen LogP contribution in [0.5, 0.6) is 5.75 Å². The second-order valence-electron chi connectivity index (χ2n) is 5.25. The number of benzene rings is 1. The number of anilines is 1. The van der Waals surface area contributed by atoms with Gasteiger partial charge in [-0.25, -0.2) is 4.39 Å². The minimum Gasteiger partial charge on any atom is -0.494 e. The molecule has 0 aromatic heterocycles. The molecule has 2 N–H and O–H groups in total. The fraction of sp³-hybridized carbons (Fsp3) is 0.467. The van der Waals surface area contributed by atoms with E-state index in [1.165, 1.54) is 19.2 Å². The van der Waals surface area contributed by atoms with Crippen molar-refractivity contribution in [3.05, 3.63) is 24.0 Å². The molecule has 1 aliphatic heterocycles. The number of nitrogens with one attached hydrogen (secondary N) is 1. The Kier molecular flexibility index (Phi) is 5.75. The number of nitrogens with zero attached hydrogens (tertiary/aromatic N) is 2. The SMILES string of the molecule is COc1cc(F)ccc1N1CCN(CC(=O)NCC(=O)O)CC1. The zero-order valence-corrected chi connectivity index (χ0v) is 12.9. The van der Waals surface area contributed by atoms with Gasteiger partial charge in [-0.3, -0.25) is 14.5 Å². The largest absolute Gasteiger partial charge is 0.494 e. The summed E-state index contributed by atoms with van der Waals surface area (Å²) in [5, 5.41) is 10.9. The summed E-state index contributed by atoms with van der Waals surface area (Å²) in [6.45, 7) is 2.46. The topological polar surface area (TPSA) is 82.1 Å². The van der Waals surface area contributed by atoms with Crippen molar-refractivity contribution < 1.29 is 23.8 Å². The molecule has 1 amide bonds. The second-order valence-corrected chi connectivity index (χ2v) is 5.25. The number of hydrogen-bond acceptors (Lipinski definition) is 5. The van der Waals surface area contributed by atoms with E-state index >= 15 is 0 Å². The molecule has 1 heterocycles. The summed E-state index contributed by atoms with van der Waals surface area (Å²) in [5.74, 6) is -1.23. The van der Waals surface area contributed by atoms with Crippen molar-refractivity contribution in [1.82, 2.24) is 10.2 Å². The van der Waals surface area contributed by atoms with E-state index in [0.29, 0.717) is 31.9 Å². The molecular formula is C15H20FN3O4. The van der Waals surface area contributed by atoms with Crippen LogP contribution in [0.25, 0.3) is 0 Å². The predicted molar refractivity (Wildman–Crippen MR) is 82.3 cm³/mol. The number of piperazine rings is 1. The molecule has 1 aromatic carbocycles. The van der Waals surface area contributed by atoms with Gasteiger partial charge in [0.2, 0.25) is 5.91 Å². The van der Waals surface area contributed by atoms with E-state index in [1.807, 2.05) is 4.90 Å². The number of carbonyl (C=O) groups is 2. The van der Waals surface area contributed by atoms with Gasteiger partial charge in [0.15, 0.2) is 0 Å². The lowest BCUT2D eigenvalue weighted by molar-refractivity contribution is -0.138. The van der Waals surface area contributed by atoms with E-state index in [0.717, 1.165) is 5.69 Å². The molecule has 1 fully saturated rings. The van der Waals surface area contributed by atoms with Crippen molar-refractivity contribution in [3.63, 3.8) is 0 Å². The van der Waals surface area contributed by atoms with Gasteiger partial charge in [0.25, 0.3) is 0 Å². The van der Waals surface area contributed by atoms with E-state index in [2.05, 4.69) is 10.2 Å². The number of carboxylic acid groups (broad SMARTS) is 1. The Balaban J connectivity index is 1.86. The highest BCUT2D eigenvalue weighted by molar-refractivity contribution is 5.82. The lowest BCUT2D eigenvalue weighted by Crippen LogP contribution is -2.50. The highest BCUT2D eigenvalue weighted by Gasteiger charge is 2.21. The van der Waals surface area contributed by atoms with Crippen LogP contribution in [0.1, 0.15) is 0 Å². The average Bonchev–Trinajstić information content (AvgIpc) is 2.53. The van der Waals surface area contributed by atoms with E-state index in [4.69, 9.17) is 9.84 Å². The normalized spacial score (nSPS) is 15.3. The molecule has 0 radical (unpaired) electrons. The van der Waals surface area contributed by atoms with Crippen LogP contribution in [0.2, 0.25) is 0 Å². The molecule has 0 aliphatic carbocycles. The number of carbonyl (C=O) groups excluding carboxylic acids is 1. The predicted octanol–water partition coefficient (Wildman–Crippen LogP) is 0.157. The van der Waals surface area contributed by atoms with Gasteiger partial charge in [-0.2, -0.15) is 0 Å². The summed E-state index contributed by atoms with van der Waals surface area (Å²) in [4.78, 5) is 26.0. The molecule has 0 saturated carbocycles. The number of halogens is 1. The number of carboxylic acids is 1. The van der Waals surface area contributed by atoms with E-state index in [9.17, 15) is 14.0 Å². The molecule has 0 bridgehead atoms. The standard InChI is InChI=1S/C15H20FN3O4/c1-23-13-8-11(16)2-3-12(13)19-6-4-18(5-7-19)10-14(20)17-9-15(21)22/h2-3,8H,4-7,9-10H2,1H3,(H,17,20)(H,21,22). The molecule has 1 saturated heterocycles. The van der Waals surface area contributed by atoms with Crippen molar-refractivity contribution in [2.24, 2.45) is 0 Å². The van der Waals surface area contributed by atoms with Crippen LogP contribution >= 0.6 is 0 Å². The van der Waals surface area contributed by atoms with Gasteiger partial charge in [0.05, 0.1) is 19.3 Å². The molecule has 0 spiro atoms. The third kappa shape index (κ3) is 4.82. The zero-order valence-electron chi connectivity index (χ0n) is 12.9. The lowest BCUT2D eigenvalue weighted by Gasteiger charge is -2.36. The molecular weight excluding hydrogens is 305 g/mol. The van der Waals surface area contributed by atoms with Crippen LogP contribution in [0.15, 0.2) is 18.2 Å². The number of hydrogen-bond donors (Lipinski definition) is 2. The zero-order chi connectivity index (χ0) is 16.8. The highest BCUT2D eigenvalue weighted by Crippen LogP contribution is 2.29. The maximum atomic E-state index is 13.2. The van der Waals surface area contributed by atoms with E-state index in [1.54, 1.807) is 6.07 Å². The first kappa shape index (κ1) is 17.0. The summed E-state index contributed by atoms with van der Waals surface area (Å²) in [6.07, 6.45) is 0. The molecule has 7 nitrogen and oxygen atoms in total. The van der Waals surface area contributed by atoms with Crippen LogP contribution < -0.4 is 15.0 Å². The van der Waals surface area contributed by atoms with Gasteiger partial charge in [0.1, 0.15) is 18.1 Å².